The highest BCUT2D eigenvalue weighted by Crippen LogP contribution is 2.11. The van der Waals surface area contributed by atoms with Crippen LogP contribution in [-0.2, 0) is 0 Å². The molecule has 0 heteroatoms. The van der Waals surface area contributed by atoms with E-state index < -0.39 is 0 Å². The lowest BCUT2D eigenvalue weighted by Crippen LogP contribution is -1.67. The third kappa shape index (κ3) is 295. The Kier molecular flexibility index (Phi) is 611. The van der Waals surface area contributed by atoms with Crippen LogP contribution < -0.4 is 0 Å². The SMILES string of the molecule is CC.CC.CC.CC.CC.CC.CC.CC.CC.CC.CC.CC.CC.CC.CC.CC.CC.CC.CC.CC.CC.CC.CC.CCC.c1ccc2ccccc2c1.c1ccccc1.c1ccccc1.c1ccccc1.c1ccccc1.c1ccccc1. The van der Waals surface area contributed by atoms with Crippen molar-refractivity contribution >= 4 is 10.8 Å². The molecule has 0 saturated heterocycles. The fourth-order valence-corrected chi connectivity index (χ4v) is 3.06. The lowest BCUT2D eigenvalue weighted by molar-refractivity contribution is 1.09. The number of rotatable bonds is 0. The summed E-state index contributed by atoms with van der Waals surface area (Å²) in [4.78, 5) is 0. The largest absolute Gasteiger partial charge is 0.0683 e. The summed E-state index contributed by atoms with van der Waals surface area (Å²) in [6.07, 6.45) is 1.25. The van der Waals surface area contributed by atoms with Crippen LogP contribution in [0.25, 0.3) is 10.8 Å². The van der Waals surface area contributed by atoms with Gasteiger partial charge in [-0.3, -0.25) is 0 Å². The summed E-state index contributed by atoms with van der Waals surface area (Å²) in [6, 6.07) is 76.7. The van der Waals surface area contributed by atoms with E-state index in [1.807, 2.05) is 500 Å². The highest BCUT2D eigenvalue weighted by molar-refractivity contribution is 5.82. The molecule has 0 heterocycles. The van der Waals surface area contributed by atoms with Crippen molar-refractivity contribution in [3.05, 3.63) is 231 Å². The summed E-state index contributed by atoms with van der Waals surface area (Å²) in [7, 11) is 0. The molecule has 540 valence electrons. The minimum atomic E-state index is 1.25. The lowest BCUT2D eigenvalue weighted by atomic mass is 10.1. The fraction of sp³-hybridized carbons (Fsp3) is 0.551. The minimum absolute atomic E-state index is 1.25. The number of hydrogen-bond donors (Lipinski definition) is 0. The van der Waals surface area contributed by atoms with E-state index in [1.54, 1.807) is 0 Å². The van der Waals surface area contributed by atoms with Crippen molar-refractivity contribution in [3.63, 3.8) is 0 Å². The van der Waals surface area contributed by atoms with Crippen molar-refractivity contribution in [1.82, 2.24) is 0 Å². The first-order valence-corrected chi connectivity index (χ1v) is 37.8. The second-order valence-electron chi connectivity index (χ2n) is 8.83. The van der Waals surface area contributed by atoms with Gasteiger partial charge in [-0.05, 0) is 10.8 Å². The minimum Gasteiger partial charge on any atom is -0.0683 e. The molecule has 0 unspecified atom stereocenters. The molecule has 0 aromatic heterocycles. The van der Waals surface area contributed by atoms with Crippen LogP contribution in [0.4, 0.5) is 0 Å². The molecule has 0 nitrogen and oxygen atoms in total. The van der Waals surface area contributed by atoms with Gasteiger partial charge in [0.25, 0.3) is 0 Å². The van der Waals surface area contributed by atoms with E-state index in [4.69, 9.17) is 0 Å². The van der Waals surface area contributed by atoms with Gasteiger partial charge in [-0.15, -0.1) is 0 Å². The van der Waals surface area contributed by atoms with Gasteiger partial charge in [0, 0.05) is 0 Å². The summed E-state index contributed by atoms with van der Waals surface area (Å²) >= 11 is 0. The van der Waals surface area contributed by atoms with E-state index in [9.17, 15) is 0 Å². The zero-order chi connectivity index (χ0) is 76.7. The third-order valence-electron chi connectivity index (χ3n) is 4.99. The fourth-order valence-electron chi connectivity index (χ4n) is 3.06. The van der Waals surface area contributed by atoms with Gasteiger partial charge in [0.05, 0.1) is 0 Å². The van der Waals surface area contributed by atoms with Crippen LogP contribution in [0.2, 0.25) is 0 Å². The summed E-state index contributed by atoms with van der Waals surface area (Å²) < 4.78 is 0. The van der Waals surface area contributed by atoms with Crippen LogP contribution in [-0.4, -0.2) is 0 Å². The van der Waals surface area contributed by atoms with Gasteiger partial charge in [-0.2, -0.15) is 0 Å². The number of benzene rings is 7. The van der Waals surface area contributed by atoms with Crippen molar-refractivity contribution in [1.29, 1.82) is 0 Å². The standard InChI is InChI=1S/C10H8.5C6H6.C3H8.23C2H6/c1-2-6-10-8-4-3-7-9(10)5-1;5*1-2-4-6-5-3-1;1-3-2;23*1-2/h1-8H;5*1-6H;3H2,1-2H3;23*1-2H3. The van der Waals surface area contributed by atoms with Gasteiger partial charge >= 0.3 is 0 Å². The summed E-state index contributed by atoms with van der Waals surface area (Å²) in [5.41, 5.74) is 0. The average Bonchev–Trinajstić information content (AvgIpc) is 3.74. The molecule has 0 N–H and O–H groups in total. The number of hydrogen-bond acceptors (Lipinski definition) is 0. The Balaban J connectivity index is -0.0000000248. The quantitative estimate of drug-likeness (QED) is 0.142. The van der Waals surface area contributed by atoms with Crippen LogP contribution in [0.1, 0.15) is 339 Å². The molecule has 0 aliphatic carbocycles. The van der Waals surface area contributed by atoms with Gasteiger partial charge in [0.2, 0.25) is 0 Å². The van der Waals surface area contributed by atoms with Crippen LogP contribution in [0.15, 0.2) is 231 Å². The molecule has 0 aliphatic rings. The monoisotopic (exact) mass is 1250 g/mol. The molecule has 0 fully saturated rings. The molecule has 7 aromatic rings. The van der Waals surface area contributed by atoms with Gasteiger partial charge < -0.3 is 0 Å². The molecule has 0 amide bonds. The Morgan fingerprint density at radius 3 is 0.202 bits per heavy atom. The lowest BCUT2D eigenvalue weighted by Gasteiger charge is -1.92. The van der Waals surface area contributed by atoms with Crippen molar-refractivity contribution in [3.8, 4) is 0 Å². The van der Waals surface area contributed by atoms with Gasteiger partial charge in [-0.25, -0.2) is 0 Å². The van der Waals surface area contributed by atoms with Crippen molar-refractivity contribution in [2.45, 2.75) is 339 Å². The second-order valence-corrected chi connectivity index (χ2v) is 8.83. The predicted octanol–water partition coefficient (Wildman–Crippen LogP) is 36.3. The van der Waals surface area contributed by atoms with Gasteiger partial charge in [0.15, 0.2) is 0 Å². The molecule has 0 aliphatic heterocycles. The van der Waals surface area contributed by atoms with Crippen molar-refractivity contribution < 1.29 is 0 Å². The highest BCUT2D eigenvalue weighted by atomic mass is 13.9. The van der Waals surface area contributed by atoms with E-state index in [0.717, 1.165) is 0 Å². The maximum atomic E-state index is 2.12. The predicted molar refractivity (Wildman–Crippen MR) is 453 cm³/mol. The molecule has 0 spiro atoms. The van der Waals surface area contributed by atoms with Gasteiger partial charge in [-0.1, -0.05) is 569 Å². The van der Waals surface area contributed by atoms with Crippen molar-refractivity contribution in [2.24, 2.45) is 0 Å². The molecular weight excluding hydrogens is 1070 g/mol. The van der Waals surface area contributed by atoms with E-state index >= 15 is 0 Å². The topological polar surface area (TPSA) is 0 Å². The normalized spacial score (nSPS) is 5.57. The maximum absolute atomic E-state index is 2.12. The Bertz CT molecular complexity index is 1030. The average molecular weight is 1250 g/mol. The Morgan fingerprint density at radius 1 is 0.112 bits per heavy atom. The van der Waals surface area contributed by atoms with Crippen molar-refractivity contribution in [2.75, 3.05) is 0 Å². The smallest absolute Gasteiger partial charge is 0.0184 e. The second kappa shape index (κ2) is 350. The molecule has 89 heavy (non-hydrogen) atoms. The number of fused-ring (bicyclic) bond motifs is 1. The molecule has 7 aromatic carbocycles. The van der Waals surface area contributed by atoms with Crippen LogP contribution >= 0.6 is 0 Å². The highest BCUT2D eigenvalue weighted by Gasteiger charge is 1.85. The summed E-state index contributed by atoms with van der Waals surface area (Å²) in [5.74, 6) is 0. The molecule has 0 saturated carbocycles. The zero-order valence-corrected chi connectivity index (χ0v) is 71.6. The van der Waals surface area contributed by atoms with Crippen LogP contribution in [0.3, 0.4) is 0 Å². The Labute approximate surface area is 576 Å². The van der Waals surface area contributed by atoms with E-state index in [-0.39, 0.29) is 0 Å². The van der Waals surface area contributed by atoms with E-state index in [2.05, 4.69) is 62.4 Å². The first kappa shape index (κ1) is 155. The summed E-state index contributed by atoms with van der Waals surface area (Å²) in [5, 5.41) is 2.62. The maximum Gasteiger partial charge on any atom is -0.0184 e. The van der Waals surface area contributed by atoms with Gasteiger partial charge in [0.1, 0.15) is 0 Å². The molecule has 0 bridgehead atoms. The third-order valence-corrected chi connectivity index (χ3v) is 4.99. The Morgan fingerprint density at radius 2 is 0.157 bits per heavy atom. The molecule has 0 radical (unpaired) electrons. The molecule has 7 rings (SSSR count). The van der Waals surface area contributed by atoms with Crippen LogP contribution in [0.5, 0.6) is 0 Å². The molecular formula is C89H184. The van der Waals surface area contributed by atoms with E-state index in [1.165, 1.54) is 17.2 Å². The first-order chi connectivity index (χ1) is 44.4. The van der Waals surface area contributed by atoms with Crippen LogP contribution in [0, 0.1) is 0 Å². The molecule has 0 atom stereocenters. The van der Waals surface area contributed by atoms with E-state index in [0.29, 0.717) is 0 Å². The zero-order valence-electron chi connectivity index (χ0n) is 71.6. The summed E-state index contributed by atoms with van der Waals surface area (Å²) in [6.45, 7) is 96.2. The Hall–Kier alpha value is -5.20. The first-order valence-electron chi connectivity index (χ1n) is 37.8.